The van der Waals surface area contributed by atoms with E-state index in [4.69, 9.17) is 0 Å². The molecule has 0 unspecified atom stereocenters. The second-order valence-corrected chi connectivity index (χ2v) is 4.77. The number of nitrogens with one attached hydrogen (secondary N) is 3. The van der Waals surface area contributed by atoms with Gasteiger partial charge in [0.1, 0.15) is 5.82 Å². The fraction of sp³-hybridized carbons (Fsp3) is 0.0625. The Morgan fingerprint density at radius 2 is 2.00 bits per heavy atom. The summed E-state index contributed by atoms with van der Waals surface area (Å²) in [7, 11) is 0. The zero-order valence-corrected chi connectivity index (χ0v) is 12.1. The van der Waals surface area contributed by atoms with E-state index < -0.39 is 11.8 Å². The van der Waals surface area contributed by atoms with Crippen LogP contribution < -0.4 is 10.6 Å². The molecule has 0 bridgehead atoms. The molecule has 0 saturated carbocycles. The van der Waals surface area contributed by atoms with Crippen LogP contribution in [0.15, 0.2) is 55.0 Å². The summed E-state index contributed by atoms with van der Waals surface area (Å²) in [5.41, 5.74) is 1.94. The molecule has 0 aliphatic rings. The number of imidazole rings is 1. The Balaban J connectivity index is 1.58. The highest BCUT2D eigenvalue weighted by molar-refractivity contribution is 5.89. The summed E-state index contributed by atoms with van der Waals surface area (Å²) in [5, 5.41) is 5.02. The molecule has 0 spiro atoms. The summed E-state index contributed by atoms with van der Waals surface area (Å²) in [5.74, 6) is 0.0150. The number of urea groups is 1. The van der Waals surface area contributed by atoms with Crippen LogP contribution >= 0.6 is 0 Å². The summed E-state index contributed by atoms with van der Waals surface area (Å²) in [6.07, 6.45) is 4.14. The average Bonchev–Trinajstić information content (AvgIpc) is 3.05. The van der Waals surface area contributed by atoms with Gasteiger partial charge in [0.15, 0.2) is 5.82 Å². The first-order valence-corrected chi connectivity index (χ1v) is 6.96. The van der Waals surface area contributed by atoms with E-state index in [-0.39, 0.29) is 12.2 Å². The number of carbonyl (C=O) groups is 1. The molecule has 2 aromatic heterocycles. The Hall–Kier alpha value is -3.22. The van der Waals surface area contributed by atoms with E-state index in [1.54, 1.807) is 6.20 Å². The van der Waals surface area contributed by atoms with Gasteiger partial charge in [0, 0.05) is 6.20 Å². The van der Waals surface area contributed by atoms with Crippen LogP contribution in [0.3, 0.4) is 0 Å². The van der Waals surface area contributed by atoms with Crippen molar-refractivity contribution < 1.29 is 9.18 Å². The maximum atomic E-state index is 13.4. The van der Waals surface area contributed by atoms with Crippen molar-refractivity contribution in [3.8, 4) is 11.3 Å². The summed E-state index contributed by atoms with van der Waals surface area (Å²) >= 11 is 0. The third kappa shape index (κ3) is 3.70. The topological polar surface area (TPSA) is 82.7 Å². The number of rotatable bonds is 4. The van der Waals surface area contributed by atoms with Crippen LogP contribution in [0.5, 0.6) is 0 Å². The van der Waals surface area contributed by atoms with Crippen molar-refractivity contribution in [3.63, 3.8) is 0 Å². The summed E-state index contributed by atoms with van der Waals surface area (Å²) in [6.45, 7) is 0.200. The second-order valence-electron chi connectivity index (χ2n) is 4.77. The van der Waals surface area contributed by atoms with Crippen molar-refractivity contribution in [1.29, 1.82) is 0 Å². The smallest absolute Gasteiger partial charge is 0.319 e. The standard InChI is InChI=1S/C16H14FN5O/c17-12-8-18-7-6-13(12)22-16(23)20-10-15-19-9-14(21-15)11-4-2-1-3-5-11/h1-9H,10H2,(H,19,21)(H2,18,20,22,23). The van der Waals surface area contributed by atoms with E-state index in [1.165, 1.54) is 12.3 Å². The number of hydrogen-bond acceptors (Lipinski definition) is 3. The molecule has 0 aliphatic heterocycles. The number of carbonyl (C=O) groups excluding carboxylic acids is 1. The second kappa shape index (κ2) is 6.69. The van der Waals surface area contributed by atoms with Crippen LogP contribution in [0, 0.1) is 5.82 Å². The number of pyridine rings is 1. The number of anilines is 1. The molecule has 7 heteroatoms. The highest BCUT2D eigenvalue weighted by Gasteiger charge is 2.08. The molecular formula is C16H14FN5O. The zero-order valence-electron chi connectivity index (χ0n) is 12.1. The van der Waals surface area contributed by atoms with Gasteiger partial charge in [0.25, 0.3) is 0 Å². The van der Waals surface area contributed by atoms with Crippen molar-refractivity contribution in [1.82, 2.24) is 20.3 Å². The monoisotopic (exact) mass is 311 g/mol. The number of halogens is 1. The van der Waals surface area contributed by atoms with Gasteiger partial charge in [0.05, 0.1) is 30.3 Å². The number of aromatic nitrogens is 3. The summed E-state index contributed by atoms with van der Waals surface area (Å²) < 4.78 is 13.4. The van der Waals surface area contributed by atoms with Crippen LogP contribution in [-0.4, -0.2) is 21.0 Å². The molecular weight excluding hydrogens is 297 g/mol. The maximum Gasteiger partial charge on any atom is 0.319 e. The summed E-state index contributed by atoms with van der Waals surface area (Å²) in [6, 6.07) is 10.6. The average molecular weight is 311 g/mol. The molecule has 1 aromatic carbocycles. The van der Waals surface area contributed by atoms with Gasteiger partial charge in [-0.1, -0.05) is 30.3 Å². The minimum Gasteiger partial charge on any atom is -0.341 e. The lowest BCUT2D eigenvalue weighted by molar-refractivity contribution is 0.251. The van der Waals surface area contributed by atoms with Crippen LogP contribution in [0.4, 0.5) is 14.9 Å². The minimum absolute atomic E-state index is 0.0712. The van der Waals surface area contributed by atoms with Gasteiger partial charge in [-0.2, -0.15) is 0 Å². The van der Waals surface area contributed by atoms with Gasteiger partial charge in [-0.25, -0.2) is 14.2 Å². The van der Waals surface area contributed by atoms with Crippen molar-refractivity contribution in [2.24, 2.45) is 0 Å². The Kier molecular flexibility index (Phi) is 4.28. The molecule has 0 fully saturated rings. The highest BCUT2D eigenvalue weighted by atomic mass is 19.1. The first kappa shape index (κ1) is 14.7. The lowest BCUT2D eigenvalue weighted by atomic mass is 10.2. The van der Waals surface area contributed by atoms with Crippen molar-refractivity contribution >= 4 is 11.7 Å². The van der Waals surface area contributed by atoms with Crippen LogP contribution in [0.25, 0.3) is 11.3 Å². The molecule has 0 saturated heterocycles. The quantitative estimate of drug-likeness (QED) is 0.693. The SMILES string of the molecule is O=C(NCc1ncc(-c2ccccc2)[nH]1)Nc1ccncc1F. The molecule has 6 nitrogen and oxygen atoms in total. The fourth-order valence-electron chi connectivity index (χ4n) is 2.02. The van der Waals surface area contributed by atoms with Crippen molar-refractivity contribution in [3.05, 3.63) is 66.6 Å². The Morgan fingerprint density at radius 1 is 1.17 bits per heavy atom. The van der Waals surface area contributed by atoms with Gasteiger partial charge in [-0.05, 0) is 11.6 Å². The van der Waals surface area contributed by atoms with Crippen LogP contribution in [0.1, 0.15) is 5.82 Å². The van der Waals surface area contributed by atoms with E-state index in [0.29, 0.717) is 5.82 Å². The Morgan fingerprint density at radius 3 is 2.78 bits per heavy atom. The first-order chi connectivity index (χ1) is 11.2. The molecule has 2 heterocycles. The molecule has 0 radical (unpaired) electrons. The van der Waals surface area contributed by atoms with Crippen molar-refractivity contribution in [2.75, 3.05) is 5.32 Å². The Bertz CT molecular complexity index is 803. The number of H-pyrrole nitrogens is 1. The third-order valence-electron chi connectivity index (χ3n) is 3.15. The van der Waals surface area contributed by atoms with Gasteiger partial charge >= 0.3 is 6.03 Å². The van der Waals surface area contributed by atoms with E-state index in [9.17, 15) is 9.18 Å². The maximum absolute atomic E-state index is 13.4. The molecule has 116 valence electrons. The van der Waals surface area contributed by atoms with Crippen molar-refractivity contribution in [2.45, 2.75) is 6.54 Å². The van der Waals surface area contributed by atoms with Gasteiger partial charge in [0.2, 0.25) is 0 Å². The number of nitrogens with zero attached hydrogens (tertiary/aromatic N) is 2. The molecule has 3 aromatic rings. The minimum atomic E-state index is -0.591. The first-order valence-electron chi connectivity index (χ1n) is 6.96. The third-order valence-corrected chi connectivity index (χ3v) is 3.15. The van der Waals surface area contributed by atoms with E-state index >= 15 is 0 Å². The largest absolute Gasteiger partial charge is 0.341 e. The Labute approximate surface area is 131 Å². The molecule has 0 atom stereocenters. The number of benzene rings is 1. The highest BCUT2D eigenvalue weighted by Crippen LogP contribution is 2.16. The van der Waals surface area contributed by atoms with E-state index in [2.05, 4.69) is 25.6 Å². The molecule has 2 amide bonds. The predicted molar refractivity (Wildman–Crippen MR) is 84.1 cm³/mol. The lowest BCUT2D eigenvalue weighted by Gasteiger charge is -2.06. The van der Waals surface area contributed by atoms with Gasteiger partial charge in [-0.15, -0.1) is 0 Å². The summed E-state index contributed by atoms with van der Waals surface area (Å²) in [4.78, 5) is 22.7. The molecule has 23 heavy (non-hydrogen) atoms. The number of amides is 2. The van der Waals surface area contributed by atoms with Crippen LogP contribution in [0.2, 0.25) is 0 Å². The van der Waals surface area contributed by atoms with E-state index in [0.717, 1.165) is 17.5 Å². The normalized spacial score (nSPS) is 10.3. The fourth-order valence-corrected chi connectivity index (χ4v) is 2.02. The van der Waals surface area contributed by atoms with Gasteiger partial charge in [-0.3, -0.25) is 4.98 Å². The predicted octanol–water partition coefficient (Wildman–Crippen LogP) is 2.93. The lowest BCUT2D eigenvalue weighted by Crippen LogP contribution is -2.29. The van der Waals surface area contributed by atoms with Gasteiger partial charge < -0.3 is 15.6 Å². The number of hydrogen-bond donors (Lipinski definition) is 3. The molecule has 3 N–H and O–H groups in total. The molecule has 0 aliphatic carbocycles. The van der Waals surface area contributed by atoms with Crippen LogP contribution in [-0.2, 0) is 6.54 Å². The van der Waals surface area contributed by atoms with E-state index in [1.807, 2.05) is 30.3 Å². The molecule has 3 rings (SSSR count). The zero-order chi connectivity index (χ0) is 16.1. The number of aromatic amines is 1.